The third-order valence-corrected chi connectivity index (χ3v) is 7.28. The van der Waals surface area contributed by atoms with E-state index < -0.39 is 0 Å². The molecule has 1 unspecified atom stereocenters. The van der Waals surface area contributed by atoms with Gasteiger partial charge in [-0.3, -0.25) is 4.98 Å². The number of fused-ring (bicyclic) bond motifs is 1. The van der Waals surface area contributed by atoms with Crippen molar-refractivity contribution < 1.29 is 4.74 Å². The van der Waals surface area contributed by atoms with Gasteiger partial charge in [0, 0.05) is 36.6 Å². The van der Waals surface area contributed by atoms with E-state index >= 15 is 0 Å². The van der Waals surface area contributed by atoms with Crippen LogP contribution >= 0.6 is 34.3 Å². The lowest BCUT2D eigenvalue weighted by Gasteiger charge is -2.19. The number of nitrogens with one attached hydrogen (secondary N) is 1. The minimum atomic E-state index is 0.0288. The smallest absolute Gasteiger partial charge is 0.183 e. The van der Waals surface area contributed by atoms with Crippen molar-refractivity contribution in [3.63, 3.8) is 0 Å². The van der Waals surface area contributed by atoms with Crippen molar-refractivity contribution in [3.8, 4) is 9.88 Å². The van der Waals surface area contributed by atoms with Gasteiger partial charge in [0.1, 0.15) is 5.01 Å². The number of thiazole rings is 2. The maximum absolute atomic E-state index is 6.36. The average Bonchev–Trinajstić information content (AvgIpc) is 3.36. The zero-order valence-electron chi connectivity index (χ0n) is 16.7. The van der Waals surface area contributed by atoms with Gasteiger partial charge >= 0.3 is 0 Å². The van der Waals surface area contributed by atoms with Gasteiger partial charge in [-0.25, -0.2) is 9.97 Å². The van der Waals surface area contributed by atoms with E-state index in [0.717, 1.165) is 48.8 Å². The van der Waals surface area contributed by atoms with Crippen LogP contribution in [-0.4, -0.2) is 34.1 Å². The van der Waals surface area contributed by atoms with Crippen LogP contribution in [0.2, 0.25) is 0 Å². The van der Waals surface area contributed by atoms with Crippen molar-refractivity contribution in [2.24, 2.45) is 11.7 Å². The molecule has 2 atom stereocenters. The molecule has 3 N–H and O–H groups in total. The molecule has 0 radical (unpaired) electrons. The Labute approximate surface area is 188 Å². The van der Waals surface area contributed by atoms with E-state index in [-0.39, 0.29) is 6.04 Å². The second-order valence-corrected chi connectivity index (χ2v) is 9.58. The molecular formula is C21H24ClN5OS2. The number of halogens is 1. The Kier molecular flexibility index (Phi) is 7.12. The summed E-state index contributed by atoms with van der Waals surface area (Å²) in [6, 6.07) is 1.96. The summed E-state index contributed by atoms with van der Waals surface area (Å²) in [5.41, 5.74) is 8.21. The van der Waals surface area contributed by atoms with Crippen molar-refractivity contribution >= 4 is 49.6 Å². The lowest BCUT2D eigenvalue weighted by atomic mass is 9.93. The van der Waals surface area contributed by atoms with Gasteiger partial charge in [-0.15, -0.1) is 11.3 Å². The molecule has 0 saturated carbocycles. The Hall–Kier alpha value is -1.84. The number of ether oxygens (including phenoxy) is 1. The molecule has 6 nitrogen and oxygen atoms in total. The zero-order chi connectivity index (χ0) is 20.9. The molecule has 3 heterocycles. The van der Waals surface area contributed by atoms with Crippen molar-refractivity contribution in [1.29, 1.82) is 0 Å². The fraction of sp³-hybridized carbons (Fsp3) is 0.381. The topological polar surface area (TPSA) is 86.0 Å². The van der Waals surface area contributed by atoms with E-state index in [1.54, 1.807) is 28.9 Å². The summed E-state index contributed by atoms with van der Waals surface area (Å²) in [7, 11) is 0. The molecule has 0 spiro atoms. The van der Waals surface area contributed by atoms with Crippen LogP contribution in [-0.2, 0) is 11.3 Å². The lowest BCUT2D eigenvalue weighted by Crippen LogP contribution is -2.31. The molecule has 4 rings (SSSR count). The van der Waals surface area contributed by atoms with Crippen LogP contribution in [0.5, 0.6) is 0 Å². The third-order valence-electron chi connectivity index (χ3n) is 4.79. The van der Waals surface area contributed by atoms with E-state index in [0.29, 0.717) is 25.7 Å². The Bertz CT molecular complexity index is 1030. The first-order valence-corrected chi connectivity index (χ1v) is 11.9. The highest BCUT2D eigenvalue weighted by Crippen LogP contribution is 2.38. The number of nitrogens with zero attached hydrogens (tertiary/aromatic N) is 3. The van der Waals surface area contributed by atoms with E-state index in [9.17, 15) is 0 Å². The molecule has 3 aromatic rings. The number of hydrogen-bond donors (Lipinski definition) is 2. The Morgan fingerprint density at radius 2 is 2.27 bits per heavy atom. The fourth-order valence-corrected chi connectivity index (χ4v) is 5.44. The number of allylic oxidation sites excluding steroid dienone is 4. The number of pyridine rings is 1. The van der Waals surface area contributed by atoms with Gasteiger partial charge in [-0.05, 0) is 37.8 Å². The van der Waals surface area contributed by atoms with E-state index in [1.165, 1.54) is 0 Å². The maximum atomic E-state index is 6.36. The molecule has 9 heteroatoms. The van der Waals surface area contributed by atoms with E-state index in [2.05, 4.69) is 16.4 Å². The van der Waals surface area contributed by atoms with Crippen molar-refractivity contribution in [1.82, 2.24) is 15.0 Å². The molecule has 0 amide bonds. The molecule has 1 aliphatic carbocycles. The highest BCUT2D eigenvalue weighted by atomic mass is 35.5. The van der Waals surface area contributed by atoms with E-state index in [4.69, 9.17) is 32.0 Å². The standard InChI is InChI=1S/C21H24ClN5OS2/c1-2-28-12-17-19(20-26-16-7-8-24-11-18(16)29-20)30-21(27-17)25-10-15(23)9-13-3-5-14(22)6-4-13/h3,5-8,11,13,15H,2,4,9-10,12,23H2,1H3,(H,25,27)/t13?,15-/m0/s1. The number of hydrogen-bond acceptors (Lipinski definition) is 8. The van der Waals surface area contributed by atoms with Crippen molar-refractivity contribution in [2.45, 2.75) is 32.4 Å². The normalized spacial score (nSPS) is 17.3. The van der Waals surface area contributed by atoms with Crippen LogP contribution in [0.1, 0.15) is 25.5 Å². The number of aromatic nitrogens is 3. The molecule has 3 aromatic heterocycles. The minimum absolute atomic E-state index is 0.0288. The monoisotopic (exact) mass is 461 g/mol. The van der Waals surface area contributed by atoms with Crippen LogP contribution in [0.25, 0.3) is 20.1 Å². The van der Waals surface area contributed by atoms with Crippen LogP contribution in [0, 0.1) is 5.92 Å². The summed E-state index contributed by atoms with van der Waals surface area (Å²) in [6.07, 6.45) is 11.6. The molecule has 30 heavy (non-hydrogen) atoms. The number of nitrogens with two attached hydrogens (primary N) is 1. The predicted molar refractivity (Wildman–Crippen MR) is 126 cm³/mol. The first kappa shape index (κ1) is 21.4. The van der Waals surface area contributed by atoms with Crippen LogP contribution in [0.3, 0.4) is 0 Å². The molecule has 0 aromatic carbocycles. The molecule has 0 aliphatic heterocycles. The molecular weight excluding hydrogens is 438 g/mol. The molecule has 0 saturated heterocycles. The predicted octanol–water partition coefficient (Wildman–Crippen LogP) is 5.18. The number of rotatable bonds is 9. The highest BCUT2D eigenvalue weighted by molar-refractivity contribution is 7.26. The molecule has 0 bridgehead atoms. The highest BCUT2D eigenvalue weighted by Gasteiger charge is 2.18. The van der Waals surface area contributed by atoms with Gasteiger partial charge < -0.3 is 15.8 Å². The van der Waals surface area contributed by atoms with Gasteiger partial charge in [-0.2, -0.15) is 0 Å². The summed E-state index contributed by atoms with van der Waals surface area (Å²) in [5, 5.41) is 6.00. The zero-order valence-corrected chi connectivity index (χ0v) is 19.1. The Morgan fingerprint density at radius 1 is 1.37 bits per heavy atom. The van der Waals surface area contributed by atoms with Gasteiger partial charge in [0.25, 0.3) is 0 Å². The first-order chi connectivity index (χ1) is 14.6. The van der Waals surface area contributed by atoms with E-state index in [1.807, 2.05) is 31.3 Å². The fourth-order valence-electron chi connectivity index (χ4n) is 3.27. The van der Waals surface area contributed by atoms with Gasteiger partial charge in [0.05, 0.1) is 27.4 Å². The summed E-state index contributed by atoms with van der Waals surface area (Å²) in [5.74, 6) is 0.432. The summed E-state index contributed by atoms with van der Waals surface area (Å²) in [4.78, 5) is 14.7. The second kappa shape index (κ2) is 9.98. The Balaban J connectivity index is 1.45. The summed E-state index contributed by atoms with van der Waals surface area (Å²) < 4.78 is 6.70. The van der Waals surface area contributed by atoms with Gasteiger partial charge in [-0.1, -0.05) is 35.1 Å². The first-order valence-electron chi connectivity index (χ1n) is 9.94. The average molecular weight is 462 g/mol. The Morgan fingerprint density at radius 3 is 3.03 bits per heavy atom. The largest absolute Gasteiger partial charge is 0.375 e. The second-order valence-electron chi connectivity index (χ2n) is 7.11. The lowest BCUT2D eigenvalue weighted by molar-refractivity contribution is 0.132. The van der Waals surface area contributed by atoms with Crippen molar-refractivity contribution in [2.75, 3.05) is 18.5 Å². The minimum Gasteiger partial charge on any atom is -0.375 e. The van der Waals surface area contributed by atoms with Crippen molar-refractivity contribution in [3.05, 3.63) is 47.4 Å². The van der Waals surface area contributed by atoms with Gasteiger partial charge in [0.2, 0.25) is 0 Å². The molecule has 158 valence electrons. The van der Waals surface area contributed by atoms with Crippen LogP contribution in [0.4, 0.5) is 5.13 Å². The SMILES string of the molecule is CCOCc1nc(NC[C@@H](N)CC2C=CC(Cl)=CC2)sc1-c1nc2ccncc2s1. The number of anilines is 1. The quantitative estimate of drug-likeness (QED) is 0.456. The van der Waals surface area contributed by atoms with Crippen LogP contribution < -0.4 is 11.1 Å². The molecule has 1 aliphatic rings. The summed E-state index contributed by atoms with van der Waals surface area (Å²) in [6.45, 7) is 3.74. The van der Waals surface area contributed by atoms with Crippen LogP contribution in [0.15, 0.2) is 41.7 Å². The third kappa shape index (κ3) is 5.25. The molecule has 0 fully saturated rings. The maximum Gasteiger partial charge on any atom is 0.183 e. The summed E-state index contributed by atoms with van der Waals surface area (Å²) >= 11 is 9.21. The van der Waals surface area contributed by atoms with Gasteiger partial charge in [0.15, 0.2) is 5.13 Å².